The zero-order chi connectivity index (χ0) is 14.9. The van der Waals surface area contributed by atoms with Crippen molar-refractivity contribution in [3.8, 4) is 0 Å². The van der Waals surface area contributed by atoms with Gasteiger partial charge in [0.15, 0.2) is 0 Å². The highest BCUT2D eigenvalue weighted by Gasteiger charge is 2.15. The maximum Gasteiger partial charge on any atom is 0.275 e. The first kappa shape index (κ1) is 14.7. The normalized spacial score (nSPS) is 10.4. The van der Waals surface area contributed by atoms with Crippen LogP contribution in [0.3, 0.4) is 0 Å². The number of nitrogens with one attached hydrogen (secondary N) is 1. The van der Waals surface area contributed by atoms with Crippen molar-refractivity contribution in [1.29, 1.82) is 0 Å². The van der Waals surface area contributed by atoms with Gasteiger partial charge in [-0.2, -0.15) is 0 Å². The van der Waals surface area contributed by atoms with Gasteiger partial charge in [-0.15, -0.1) is 0 Å². The molecular formula is C13H10BrClFN3O. The van der Waals surface area contributed by atoms with Gasteiger partial charge in [0.05, 0.1) is 9.50 Å². The van der Waals surface area contributed by atoms with Crippen LogP contribution in [0.25, 0.3) is 0 Å². The Morgan fingerprint density at radius 1 is 1.45 bits per heavy atom. The third kappa shape index (κ3) is 3.08. The smallest absolute Gasteiger partial charge is 0.275 e. The largest absolute Gasteiger partial charge is 0.384 e. The van der Waals surface area contributed by atoms with Gasteiger partial charge in [0.25, 0.3) is 5.91 Å². The van der Waals surface area contributed by atoms with Gasteiger partial charge < -0.3 is 11.1 Å². The molecule has 20 heavy (non-hydrogen) atoms. The van der Waals surface area contributed by atoms with Gasteiger partial charge in [0, 0.05) is 5.69 Å². The second-order valence-electron chi connectivity index (χ2n) is 4.10. The number of nitrogens with two attached hydrogens (primary N) is 1. The summed E-state index contributed by atoms with van der Waals surface area (Å²) in [6, 6.07) is 5.78. The molecule has 104 valence electrons. The number of rotatable bonds is 2. The minimum Gasteiger partial charge on any atom is -0.384 e. The van der Waals surface area contributed by atoms with Crippen molar-refractivity contribution in [3.05, 3.63) is 50.8 Å². The summed E-state index contributed by atoms with van der Waals surface area (Å²) in [5.41, 5.74) is 6.59. The Labute approximate surface area is 128 Å². The highest BCUT2D eigenvalue weighted by Crippen LogP contribution is 2.25. The summed E-state index contributed by atoms with van der Waals surface area (Å²) >= 11 is 8.97. The lowest BCUT2D eigenvalue weighted by Crippen LogP contribution is -2.16. The van der Waals surface area contributed by atoms with Gasteiger partial charge >= 0.3 is 0 Å². The van der Waals surface area contributed by atoms with Crippen LogP contribution < -0.4 is 11.1 Å². The number of nitrogen functional groups attached to an aromatic ring is 1. The fourth-order valence-corrected chi connectivity index (χ4v) is 2.11. The average Bonchev–Trinajstić information content (AvgIpc) is 2.38. The first-order chi connectivity index (χ1) is 9.38. The van der Waals surface area contributed by atoms with Gasteiger partial charge in [-0.25, -0.2) is 9.37 Å². The molecule has 0 spiro atoms. The molecule has 0 radical (unpaired) electrons. The van der Waals surface area contributed by atoms with Crippen molar-refractivity contribution in [3.63, 3.8) is 0 Å². The number of carbonyl (C=O) groups excluding carboxylic acids is 1. The van der Waals surface area contributed by atoms with Crippen LogP contribution in [0.5, 0.6) is 0 Å². The number of hydrogen-bond donors (Lipinski definition) is 2. The van der Waals surface area contributed by atoms with Crippen molar-refractivity contribution in [2.24, 2.45) is 0 Å². The van der Waals surface area contributed by atoms with E-state index in [1.54, 1.807) is 6.92 Å². The summed E-state index contributed by atoms with van der Waals surface area (Å²) in [5, 5.41) is 2.81. The van der Waals surface area contributed by atoms with Gasteiger partial charge in [0.2, 0.25) is 0 Å². The van der Waals surface area contributed by atoms with E-state index in [0.29, 0.717) is 11.3 Å². The first-order valence-electron chi connectivity index (χ1n) is 5.57. The summed E-state index contributed by atoms with van der Waals surface area (Å²) < 4.78 is 13.6. The molecule has 1 aromatic carbocycles. The third-order valence-corrected chi connectivity index (χ3v) is 3.51. The standard InChI is InChI=1S/C13H10BrClFN3O/c1-6-4-9(16)7(14)5-10(6)18-13(20)12-8(15)2-3-11(17)19-12/h2-5H,1H3,(H2,17,19)(H,18,20). The fraction of sp³-hybridized carbons (Fsp3) is 0.0769. The van der Waals surface area contributed by atoms with E-state index in [1.165, 1.54) is 24.3 Å². The number of aryl methyl sites for hydroxylation is 1. The lowest BCUT2D eigenvalue weighted by molar-refractivity contribution is 0.102. The Balaban J connectivity index is 2.32. The van der Waals surface area contributed by atoms with Crippen LogP contribution in [0.2, 0.25) is 5.02 Å². The lowest BCUT2D eigenvalue weighted by atomic mass is 10.2. The van der Waals surface area contributed by atoms with E-state index in [2.05, 4.69) is 26.2 Å². The number of halogens is 3. The monoisotopic (exact) mass is 357 g/mol. The highest BCUT2D eigenvalue weighted by molar-refractivity contribution is 9.10. The zero-order valence-electron chi connectivity index (χ0n) is 10.4. The van der Waals surface area contributed by atoms with Gasteiger partial charge in [-0.1, -0.05) is 11.6 Å². The number of benzene rings is 1. The van der Waals surface area contributed by atoms with E-state index >= 15 is 0 Å². The molecule has 2 rings (SSSR count). The third-order valence-electron chi connectivity index (χ3n) is 2.60. The Bertz CT molecular complexity index is 694. The molecule has 0 unspecified atom stereocenters. The van der Waals surface area contributed by atoms with E-state index < -0.39 is 11.7 Å². The minimum absolute atomic E-state index is 0.0199. The minimum atomic E-state index is -0.510. The number of carbonyl (C=O) groups is 1. The average molecular weight is 359 g/mol. The van der Waals surface area contributed by atoms with Crippen LogP contribution in [0, 0.1) is 12.7 Å². The Kier molecular flexibility index (Phi) is 4.25. The maximum absolute atomic E-state index is 13.3. The molecule has 0 aliphatic heterocycles. The molecule has 4 nitrogen and oxygen atoms in total. The molecule has 2 aromatic rings. The first-order valence-corrected chi connectivity index (χ1v) is 6.74. The molecule has 0 saturated heterocycles. The molecule has 0 atom stereocenters. The molecule has 7 heteroatoms. The molecule has 1 amide bonds. The Morgan fingerprint density at radius 2 is 2.15 bits per heavy atom. The number of aromatic nitrogens is 1. The van der Waals surface area contributed by atoms with Crippen LogP contribution in [0.4, 0.5) is 15.9 Å². The molecule has 0 saturated carbocycles. The van der Waals surface area contributed by atoms with E-state index in [0.717, 1.165) is 0 Å². The van der Waals surface area contributed by atoms with E-state index in [1.807, 2.05) is 0 Å². The highest BCUT2D eigenvalue weighted by atomic mass is 79.9. The summed E-state index contributed by atoms with van der Waals surface area (Å²) in [4.78, 5) is 16.0. The second kappa shape index (κ2) is 5.76. The van der Waals surface area contributed by atoms with Crippen molar-refractivity contribution >= 4 is 44.9 Å². The van der Waals surface area contributed by atoms with E-state index in [9.17, 15) is 9.18 Å². The van der Waals surface area contributed by atoms with Crippen molar-refractivity contribution in [1.82, 2.24) is 4.98 Å². The molecule has 0 bridgehead atoms. The lowest BCUT2D eigenvalue weighted by Gasteiger charge is -2.10. The topological polar surface area (TPSA) is 68.0 Å². The number of hydrogen-bond acceptors (Lipinski definition) is 3. The molecule has 1 heterocycles. The predicted molar refractivity (Wildman–Crippen MR) is 80.4 cm³/mol. The van der Waals surface area contributed by atoms with E-state index in [4.69, 9.17) is 17.3 Å². The molecule has 3 N–H and O–H groups in total. The summed E-state index contributed by atoms with van der Waals surface area (Å²) in [7, 11) is 0. The van der Waals surface area contributed by atoms with Crippen LogP contribution in [0.1, 0.15) is 16.1 Å². The Morgan fingerprint density at radius 3 is 2.85 bits per heavy atom. The molecular weight excluding hydrogens is 349 g/mol. The van der Waals surface area contributed by atoms with Crippen LogP contribution in [-0.2, 0) is 0 Å². The molecule has 0 fully saturated rings. The SMILES string of the molecule is Cc1cc(F)c(Br)cc1NC(=O)c1nc(N)ccc1Cl. The van der Waals surface area contributed by atoms with Crippen LogP contribution in [-0.4, -0.2) is 10.9 Å². The predicted octanol–water partition coefficient (Wildman–Crippen LogP) is 3.78. The fourth-order valence-electron chi connectivity index (χ4n) is 1.58. The summed E-state index contributed by atoms with van der Waals surface area (Å²) in [5.74, 6) is -0.721. The number of amides is 1. The second-order valence-corrected chi connectivity index (χ2v) is 5.36. The van der Waals surface area contributed by atoms with Gasteiger partial charge in [-0.3, -0.25) is 4.79 Å². The zero-order valence-corrected chi connectivity index (χ0v) is 12.7. The summed E-state index contributed by atoms with van der Waals surface area (Å²) in [6.07, 6.45) is 0. The molecule has 0 aliphatic rings. The van der Waals surface area contributed by atoms with Crippen molar-refractivity contribution in [2.45, 2.75) is 6.92 Å². The van der Waals surface area contributed by atoms with Gasteiger partial charge in [-0.05, 0) is 52.7 Å². The Hall–Kier alpha value is -1.66. The van der Waals surface area contributed by atoms with Crippen molar-refractivity contribution in [2.75, 3.05) is 11.1 Å². The van der Waals surface area contributed by atoms with Gasteiger partial charge in [0.1, 0.15) is 17.3 Å². The quantitative estimate of drug-likeness (QED) is 0.858. The number of anilines is 2. The van der Waals surface area contributed by atoms with Crippen molar-refractivity contribution < 1.29 is 9.18 Å². The molecule has 0 aliphatic carbocycles. The van der Waals surface area contributed by atoms with Crippen LogP contribution >= 0.6 is 27.5 Å². The molecule has 1 aromatic heterocycles. The maximum atomic E-state index is 13.3. The summed E-state index contributed by atoms with van der Waals surface area (Å²) in [6.45, 7) is 1.68. The van der Waals surface area contributed by atoms with E-state index in [-0.39, 0.29) is 21.0 Å². The van der Waals surface area contributed by atoms with Crippen LogP contribution in [0.15, 0.2) is 28.7 Å². The number of pyridine rings is 1. The number of nitrogens with zero attached hydrogens (tertiary/aromatic N) is 1.